The van der Waals surface area contributed by atoms with Crippen LogP contribution in [0.5, 0.6) is 0 Å². The zero-order valence-corrected chi connectivity index (χ0v) is 18.8. The summed E-state index contributed by atoms with van der Waals surface area (Å²) in [6, 6.07) is 8.57. The van der Waals surface area contributed by atoms with Crippen molar-refractivity contribution in [2.45, 2.75) is 70.8 Å². The summed E-state index contributed by atoms with van der Waals surface area (Å²) in [5.41, 5.74) is 2.35. The van der Waals surface area contributed by atoms with Crippen LogP contribution in [0.4, 0.5) is 11.4 Å². The van der Waals surface area contributed by atoms with Gasteiger partial charge in [0.25, 0.3) is 0 Å². The van der Waals surface area contributed by atoms with Crippen molar-refractivity contribution in [1.29, 1.82) is 0 Å². The highest BCUT2D eigenvalue weighted by Crippen LogP contribution is 2.22. The summed E-state index contributed by atoms with van der Waals surface area (Å²) in [5.74, 6) is 0. The van der Waals surface area contributed by atoms with E-state index in [1.807, 2.05) is 0 Å². The normalized spacial score (nSPS) is 21.0. The SMILES string of the molecule is C[C@@H]1CN(c2ccc(NCCCCCNS(=O)(=O)C(C)(C)C)cc2)C[C@@H](C)O1. The van der Waals surface area contributed by atoms with E-state index in [4.69, 9.17) is 4.74 Å². The number of anilines is 2. The molecule has 0 amide bonds. The molecule has 1 aromatic carbocycles. The van der Waals surface area contributed by atoms with Gasteiger partial charge in [-0.1, -0.05) is 6.42 Å². The fraction of sp³-hybridized carbons (Fsp3) is 0.714. The second kappa shape index (κ2) is 9.94. The summed E-state index contributed by atoms with van der Waals surface area (Å²) in [4.78, 5) is 2.38. The molecule has 0 spiro atoms. The molecule has 1 heterocycles. The molecule has 28 heavy (non-hydrogen) atoms. The molecule has 0 bridgehead atoms. The van der Waals surface area contributed by atoms with Crippen molar-refractivity contribution in [3.8, 4) is 0 Å². The second-order valence-electron chi connectivity index (χ2n) is 8.71. The molecule has 0 radical (unpaired) electrons. The Morgan fingerprint density at radius 3 is 2.14 bits per heavy atom. The lowest BCUT2D eigenvalue weighted by Crippen LogP contribution is -2.45. The highest BCUT2D eigenvalue weighted by Gasteiger charge is 2.28. The van der Waals surface area contributed by atoms with Crippen LogP contribution < -0.4 is 14.9 Å². The van der Waals surface area contributed by atoms with Crippen LogP contribution in [0, 0.1) is 0 Å². The van der Waals surface area contributed by atoms with E-state index in [1.165, 1.54) is 5.69 Å². The highest BCUT2D eigenvalue weighted by atomic mass is 32.2. The Morgan fingerprint density at radius 2 is 1.57 bits per heavy atom. The van der Waals surface area contributed by atoms with Gasteiger partial charge in [0.1, 0.15) is 0 Å². The van der Waals surface area contributed by atoms with Crippen LogP contribution in [0.3, 0.4) is 0 Å². The van der Waals surface area contributed by atoms with Crippen molar-refractivity contribution in [1.82, 2.24) is 4.72 Å². The minimum absolute atomic E-state index is 0.259. The van der Waals surface area contributed by atoms with Crippen LogP contribution in [0.2, 0.25) is 0 Å². The third kappa shape index (κ3) is 6.94. The number of morpholine rings is 1. The van der Waals surface area contributed by atoms with Gasteiger partial charge < -0.3 is 15.0 Å². The Bertz CT molecular complexity index is 689. The van der Waals surface area contributed by atoms with Crippen LogP contribution in [-0.2, 0) is 14.8 Å². The second-order valence-corrected chi connectivity index (χ2v) is 11.2. The summed E-state index contributed by atoms with van der Waals surface area (Å²) >= 11 is 0. The third-order valence-electron chi connectivity index (χ3n) is 4.93. The van der Waals surface area contributed by atoms with Gasteiger partial charge in [-0.15, -0.1) is 0 Å². The Balaban J connectivity index is 1.65. The van der Waals surface area contributed by atoms with Crippen LogP contribution in [0.25, 0.3) is 0 Å². The highest BCUT2D eigenvalue weighted by molar-refractivity contribution is 7.90. The Hall–Kier alpha value is -1.31. The van der Waals surface area contributed by atoms with Gasteiger partial charge in [0.05, 0.1) is 17.0 Å². The predicted octanol–water partition coefficient (Wildman–Crippen LogP) is 3.60. The summed E-state index contributed by atoms with van der Waals surface area (Å²) in [6.45, 7) is 12.6. The molecule has 1 aromatic rings. The first-order valence-corrected chi connectivity index (χ1v) is 11.8. The standard InChI is InChI=1S/C21H37N3O3S/c1-17-15-24(16-18(2)27-17)20-11-9-19(10-12-20)22-13-7-6-8-14-23-28(25,26)21(3,4)5/h9-12,17-18,22-23H,6-8,13-16H2,1-5H3/t17-,18-/m1/s1. The molecule has 7 heteroatoms. The van der Waals surface area contributed by atoms with Crippen molar-refractivity contribution in [3.63, 3.8) is 0 Å². The predicted molar refractivity (Wildman–Crippen MR) is 118 cm³/mol. The lowest BCUT2D eigenvalue weighted by atomic mass is 10.2. The molecule has 2 atom stereocenters. The molecule has 2 rings (SSSR count). The first-order chi connectivity index (χ1) is 13.1. The van der Waals surface area contributed by atoms with E-state index in [0.29, 0.717) is 6.54 Å². The Kier molecular flexibility index (Phi) is 8.16. The Labute approximate surface area is 171 Å². The van der Waals surface area contributed by atoms with Crippen molar-refractivity contribution in [3.05, 3.63) is 24.3 Å². The van der Waals surface area contributed by atoms with E-state index >= 15 is 0 Å². The molecule has 0 saturated carbocycles. The summed E-state index contributed by atoms with van der Waals surface area (Å²) in [5, 5.41) is 3.44. The average Bonchev–Trinajstić information content (AvgIpc) is 2.59. The summed E-state index contributed by atoms with van der Waals surface area (Å²) in [6.07, 6.45) is 3.37. The van der Waals surface area contributed by atoms with Crippen LogP contribution in [-0.4, -0.2) is 51.6 Å². The van der Waals surface area contributed by atoms with E-state index < -0.39 is 14.8 Å². The largest absolute Gasteiger partial charge is 0.385 e. The maximum Gasteiger partial charge on any atom is 0.216 e. The van der Waals surface area contributed by atoms with Gasteiger partial charge in [-0.05, 0) is 71.7 Å². The number of hydrogen-bond acceptors (Lipinski definition) is 5. The smallest absolute Gasteiger partial charge is 0.216 e. The van der Waals surface area contributed by atoms with E-state index in [9.17, 15) is 8.42 Å². The fourth-order valence-corrected chi connectivity index (χ4v) is 4.11. The zero-order chi connectivity index (χ0) is 20.8. The van der Waals surface area contributed by atoms with Crippen molar-refractivity contribution < 1.29 is 13.2 Å². The van der Waals surface area contributed by atoms with Crippen molar-refractivity contribution >= 4 is 21.4 Å². The van der Waals surface area contributed by atoms with E-state index in [1.54, 1.807) is 20.8 Å². The number of nitrogens with one attached hydrogen (secondary N) is 2. The molecule has 1 aliphatic rings. The van der Waals surface area contributed by atoms with E-state index in [-0.39, 0.29) is 12.2 Å². The molecule has 160 valence electrons. The number of benzene rings is 1. The van der Waals surface area contributed by atoms with Crippen LogP contribution >= 0.6 is 0 Å². The molecule has 1 aliphatic heterocycles. The Morgan fingerprint density at radius 1 is 1.00 bits per heavy atom. The fourth-order valence-electron chi connectivity index (χ4n) is 3.26. The quantitative estimate of drug-likeness (QED) is 0.608. The van der Waals surface area contributed by atoms with Gasteiger partial charge in [0.2, 0.25) is 10.0 Å². The molecule has 1 saturated heterocycles. The number of rotatable bonds is 9. The van der Waals surface area contributed by atoms with Crippen LogP contribution in [0.1, 0.15) is 53.9 Å². The first-order valence-electron chi connectivity index (χ1n) is 10.3. The molecule has 0 aromatic heterocycles. The van der Waals surface area contributed by atoms with Crippen molar-refractivity contribution in [2.75, 3.05) is 36.4 Å². The van der Waals surface area contributed by atoms with Gasteiger partial charge in [-0.25, -0.2) is 13.1 Å². The van der Waals surface area contributed by atoms with Gasteiger partial charge in [0.15, 0.2) is 0 Å². The van der Waals surface area contributed by atoms with Crippen molar-refractivity contribution in [2.24, 2.45) is 0 Å². The molecule has 0 unspecified atom stereocenters. The lowest BCUT2D eigenvalue weighted by molar-refractivity contribution is -0.00521. The van der Waals surface area contributed by atoms with Gasteiger partial charge in [0, 0.05) is 37.6 Å². The van der Waals surface area contributed by atoms with Gasteiger partial charge in [-0.3, -0.25) is 0 Å². The minimum Gasteiger partial charge on any atom is -0.385 e. The minimum atomic E-state index is -3.23. The number of ether oxygens (including phenoxy) is 1. The molecule has 1 fully saturated rings. The summed E-state index contributed by atoms with van der Waals surface area (Å²) in [7, 11) is -3.23. The number of sulfonamides is 1. The average molecular weight is 412 g/mol. The maximum absolute atomic E-state index is 12.0. The lowest BCUT2D eigenvalue weighted by Gasteiger charge is -2.36. The van der Waals surface area contributed by atoms with Gasteiger partial charge in [-0.2, -0.15) is 0 Å². The number of unbranched alkanes of at least 4 members (excludes halogenated alkanes) is 2. The molecule has 0 aliphatic carbocycles. The summed E-state index contributed by atoms with van der Waals surface area (Å²) < 4.78 is 31.7. The molecule has 6 nitrogen and oxygen atoms in total. The van der Waals surface area contributed by atoms with E-state index in [0.717, 1.165) is 44.6 Å². The zero-order valence-electron chi connectivity index (χ0n) is 18.0. The topological polar surface area (TPSA) is 70.7 Å². The third-order valence-corrected chi connectivity index (χ3v) is 7.13. The maximum atomic E-state index is 12.0. The molecular weight excluding hydrogens is 374 g/mol. The monoisotopic (exact) mass is 411 g/mol. The molecular formula is C21H37N3O3S. The molecule has 2 N–H and O–H groups in total. The first kappa shape index (κ1) is 23.0. The number of hydrogen-bond donors (Lipinski definition) is 2. The van der Waals surface area contributed by atoms with E-state index in [2.05, 4.69) is 53.1 Å². The van der Waals surface area contributed by atoms with Gasteiger partial charge >= 0.3 is 0 Å². The van der Waals surface area contributed by atoms with Crippen LogP contribution in [0.15, 0.2) is 24.3 Å². The number of nitrogens with zero attached hydrogens (tertiary/aromatic N) is 1.